The zero-order valence-electron chi connectivity index (χ0n) is 16.1. The molecule has 0 aliphatic rings. The van der Waals surface area contributed by atoms with Crippen LogP contribution in [0.2, 0.25) is 0 Å². The molecule has 28 heavy (non-hydrogen) atoms. The first kappa shape index (κ1) is 20.5. The number of aliphatic hydroxyl groups excluding tert-OH is 1. The molecule has 3 aromatic rings. The van der Waals surface area contributed by atoms with Gasteiger partial charge in [0.05, 0.1) is 31.0 Å². The number of aliphatic hydroxyl groups is 1. The maximum absolute atomic E-state index is 13.9. The fourth-order valence-corrected chi connectivity index (χ4v) is 3.98. The van der Waals surface area contributed by atoms with Crippen LogP contribution in [-0.2, 0) is 11.3 Å². The van der Waals surface area contributed by atoms with E-state index in [1.54, 1.807) is 6.07 Å². The number of para-hydroxylation sites is 1. The minimum absolute atomic E-state index is 0.281. The molecule has 2 aromatic carbocycles. The lowest BCUT2D eigenvalue weighted by Crippen LogP contribution is -2.31. The molecule has 0 radical (unpaired) electrons. The number of halogens is 1. The molecule has 0 aliphatic carbocycles. The summed E-state index contributed by atoms with van der Waals surface area (Å²) in [6.45, 7) is 6.87. The summed E-state index contributed by atoms with van der Waals surface area (Å²) in [6, 6.07) is 12.8. The highest BCUT2D eigenvalue weighted by molar-refractivity contribution is 7.96. The van der Waals surface area contributed by atoms with Crippen molar-refractivity contribution in [3.8, 4) is 0 Å². The number of benzene rings is 2. The molecule has 4 nitrogen and oxygen atoms in total. The van der Waals surface area contributed by atoms with Crippen molar-refractivity contribution in [1.29, 1.82) is 0 Å². The molecule has 148 valence electrons. The van der Waals surface area contributed by atoms with Gasteiger partial charge in [-0.15, -0.1) is 0 Å². The van der Waals surface area contributed by atoms with Gasteiger partial charge in [-0.3, -0.25) is 0 Å². The van der Waals surface area contributed by atoms with Crippen molar-refractivity contribution in [2.75, 3.05) is 19.3 Å². The molecular formula is C22H25FN2O2S. The third-order valence-electron chi connectivity index (χ3n) is 4.69. The summed E-state index contributed by atoms with van der Waals surface area (Å²) < 4.78 is 23.3. The van der Waals surface area contributed by atoms with E-state index < -0.39 is 6.10 Å². The van der Waals surface area contributed by atoms with Crippen LogP contribution < -0.4 is 0 Å². The largest absolute Gasteiger partial charge is 0.469 e. The van der Waals surface area contributed by atoms with Gasteiger partial charge in [-0.05, 0) is 43.5 Å². The first-order valence-corrected chi connectivity index (χ1v) is 10.3. The highest BCUT2D eigenvalue weighted by Gasteiger charge is 2.17. The number of nitrogens with zero attached hydrogens (tertiary/aromatic N) is 2. The van der Waals surface area contributed by atoms with Gasteiger partial charge in [0, 0.05) is 22.8 Å². The van der Waals surface area contributed by atoms with Crippen LogP contribution in [0.4, 0.5) is 4.39 Å². The Morgan fingerprint density at radius 3 is 2.75 bits per heavy atom. The van der Waals surface area contributed by atoms with Crippen LogP contribution in [0.25, 0.3) is 21.8 Å². The Morgan fingerprint density at radius 1 is 1.29 bits per heavy atom. The lowest BCUT2D eigenvalue weighted by atomic mass is 10.1. The lowest BCUT2D eigenvalue weighted by Gasteiger charge is -2.24. The lowest BCUT2D eigenvalue weighted by molar-refractivity contribution is 0.132. The molecular weight excluding hydrogens is 375 g/mol. The van der Waals surface area contributed by atoms with Crippen LogP contribution in [-0.4, -0.2) is 39.4 Å². The Bertz CT molecular complexity index is 999. The molecule has 1 unspecified atom stereocenters. The van der Waals surface area contributed by atoms with Gasteiger partial charge < -0.3 is 14.4 Å². The Labute approximate surface area is 169 Å². The van der Waals surface area contributed by atoms with Crippen molar-refractivity contribution >= 4 is 33.8 Å². The first-order valence-electron chi connectivity index (χ1n) is 9.13. The van der Waals surface area contributed by atoms with Gasteiger partial charge in [0.1, 0.15) is 11.6 Å². The second-order valence-corrected chi connectivity index (χ2v) is 7.37. The van der Waals surface area contributed by atoms with Crippen LogP contribution in [0.5, 0.6) is 0 Å². The number of allylic oxidation sites excluding steroid dienone is 1. The molecule has 0 bridgehead atoms. The Morgan fingerprint density at radius 2 is 2.04 bits per heavy atom. The summed E-state index contributed by atoms with van der Waals surface area (Å²) in [5, 5.41) is 12.8. The Kier molecular flexibility index (Phi) is 6.78. The van der Waals surface area contributed by atoms with E-state index in [0.717, 1.165) is 27.6 Å². The van der Waals surface area contributed by atoms with Gasteiger partial charge in [0.2, 0.25) is 0 Å². The smallest absolute Gasteiger partial charge is 0.125 e. The predicted molar refractivity (Wildman–Crippen MR) is 116 cm³/mol. The van der Waals surface area contributed by atoms with Crippen molar-refractivity contribution in [3.05, 3.63) is 73.0 Å². The molecule has 0 saturated heterocycles. The van der Waals surface area contributed by atoms with E-state index in [1.807, 2.05) is 52.4 Å². The van der Waals surface area contributed by atoms with Gasteiger partial charge in [-0.25, -0.2) is 8.70 Å². The predicted octanol–water partition coefficient (Wildman–Crippen LogP) is 4.94. The van der Waals surface area contributed by atoms with E-state index in [9.17, 15) is 9.50 Å². The monoisotopic (exact) mass is 400 g/mol. The number of rotatable bonds is 9. The van der Waals surface area contributed by atoms with E-state index in [-0.39, 0.29) is 5.82 Å². The van der Waals surface area contributed by atoms with Gasteiger partial charge >= 0.3 is 0 Å². The molecule has 3 rings (SSSR count). The van der Waals surface area contributed by atoms with Crippen LogP contribution in [0.3, 0.4) is 0 Å². The first-order chi connectivity index (χ1) is 13.6. The summed E-state index contributed by atoms with van der Waals surface area (Å²) in [7, 11) is 0. The standard InChI is InChI=1S/C22H25FN2O2S/c1-4-18(27-5-2)15-24(28-3)13-17(26)14-25-21-9-7-6-8-19(21)20-11-10-16(23)12-22(20)25/h4-12,17,26H,2,13-15H2,1,3H3/b18-4-. The SMILES string of the molecule is C=CO/C(=C\C)CN(CC(O)Cn1c2ccccc2c2ccc(F)cc21)SC. The van der Waals surface area contributed by atoms with Crippen molar-refractivity contribution in [1.82, 2.24) is 8.87 Å². The minimum atomic E-state index is -0.628. The van der Waals surface area contributed by atoms with Crippen molar-refractivity contribution < 1.29 is 14.2 Å². The van der Waals surface area contributed by atoms with E-state index in [0.29, 0.717) is 19.6 Å². The zero-order chi connectivity index (χ0) is 20.1. The number of hydrogen-bond donors (Lipinski definition) is 1. The maximum atomic E-state index is 13.9. The van der Waals surface area contributed by atoms with E-state index in [2.05, 4.69) is 6.58 Å². The van der Waals surface area contributed by atoms with E-state index in [1.165, 1.54) is 30.3 Å². The maximum Gasteiger partial charge on any atom is 0.125 e. The molecule has 0 saturated carbocycles. The summed E-state index contributed by atoms with van der Waals surface area (Å²) in [5.74, 6) is 0.492. The molecule has 0 amide bonds. The Balaban J connectivity index is 1.84. The van der Waals surface area contributed by atoms with Gasteiger partial charge in [-0.2, -0.15) is 0 Å². The summed E-state index contributed by atoms with van der Waals surface area (Å²) in [5.41, 5.74) is 1.78. The summed E-state index contributed by atoms with van der Waals surface area (Å²) in [6.07, 6.45) is 4.62. The van der Waals surface area contributed by atoms with Crippen molar-refractivity contribution in [3.63, 3.8) is 0 Å². The van der Waals surface area contributed by atoms with Gasteiger partial charge in [0.15, 0.2) is 0 Å². The average molecular weight is 401 g/mol. The molecule has 1 N–H and O–H groups in total. The number of fused-ring (bicyclic) bond motifs is 3. The minimum Gasteiger partial charge on any atom is -0.469 e. The second kappa shape index (κ2) is 9.28. The number of ether oxygens (including phenoxy) is 1. The van der Waals surface area contributed by atoms with Crippen LogP contribution in [0.15, 0.2) is 67.1 Å². The Hall–Kier alpha value is -2.28. The normalized spacial score (nSPS) is 13.4. The van der Waals surface area contributed by atoms with Crippen LogP contribution >= 0.6 is 11.9 Å². The van der Waals surface area contributed by atoms with E-state index in [4.69, 9.17) is 4.74 Å². The average Bonchev–Trinajstić information content (AvgIpc) is 3.00. The third kappa shape index (κ3) is 4.41. The third-order valence-corrected chi connectivity index (χ3v) is 5.48. The fraction of sp³-hybridized carbons (Fsp3) is 0.273. The van der Waals surface area contributed by atoms with Crippen LogP contribution in [0, 0.1) is 5.82 Å². The van der Waals surface area contributed by atoms with Crippen LogP contribution in [0.1, 0.15) is 6.92 Å². The summed E-state index contributed by atoms with van der Waals surface area (Å²) >= 11 is 1.54. The zero-order valence-corrected chi connectivity index (χ0v) is 17.0. The van der Waals surface area contributed by atoms with Gasteiger partial charge in [0.25, 0.3) is 0 Å². The molecule has 0 aliphatic heterocycles. The fourth-order valence-electron chi connectivity index (χ4n) is 3.40. The molecule has 0 spiro atoms. The molecule has 1 heterocycles. The number of aromatic nitrogens is 1. The quantitative estimate of drug-likeness (QED) is 0.408. The highest BCUT2D eigenvalue weighted by Crippen LogP contribution is 2.29. The second-order valence-electron chi connectivity index (χ2n) is 6.49. The molecule has 6 heteroatoms. The molecule has 1 atom stereocenters. The highest BCUT2D eigenvalue weighted by atomic mass is 32.2. The van der Waals surface area contributed by atoms with Crippen molar-refractivity contribution in [2.45, 2.75) is 19.6 Å². The molecule has 0 fully saturated rings. The van der Waals surface area contributed by atoms with E-state index >= 15 is 0 Å². The number of hydrogen-bond acceptors (Lipinski definition) is 4. The van der Waals surface area contributed by atoms with Gasteiger partial charge in [-0.1, -0.05) is 36.7 Å². The summed E-state index contributed by atoms with van der Waals surface area (Å²) in [4.78, 5) is 0. The van der Waals surface area contributed by atoms with Crippen molar-refractivity contribution in [2.24, 2.45) is 0 Å². The topological polar surface area (TPSA) is 37.6 Å². The molecule has 1 aromatic heterocycles.